The molecule has 1 aliphatic heterocycles. The molecule has 2 aromatic carbocycles. The molecule has 138 valence electrons. The fraction of sp³-hybridized carbons (Fsp3) is 0.350. The summed E-state index contributed by atoms with van der Waals surface area (Å²) in [6.07, 6.45) is 1.51. The van der Waals surface area contributed by atoms with Crippen LogP contribution in [-0.2, 0) is 21.1 Å². The first-order chi connectivity index (χ1) is 12.4. The number of rotatable bonds is 6. The van der Waals surface area contributed by atoms with Crippen LogP contribution >= 0.6 is 0 Å². The maximum absolute atomic E-state index is 12.3. The maximum atomic E-state index is 12.3. The summed E-state index contributed by atoms with van der Waals surface area (Å²) in [4.78, 5) is 12.3. The molecule has 3 rings (SSSR count). The fourth-order valence-electron chi connectivity index (χ4n) is 3.32. The van der Waals surface area contributed by atoms with Crippen molar-refractivity contribution in [2.24, 2.45) is 5.92 Å². The fourth-order valence-corrected chi connectivity index (χ4v) is 5.18. The van der Waals surface area contributed by atoms with Gasteiger partial charge in [0.25, 0.3) is 0 Å². The Morgan fingerprint density at radius 3 is 2.62 bits per heavy atom. The monoisotopic (exact) mass is 373 g/mol. The first-order valence-corrected chi connectivity index (χ1v) is 10.5. The molecule has 6 heteroatoms. The quantitative estimate of drug-likeness (QED) is 0.845. The number of sulfone groups is 1. The first kappa shape index (κ1) is 18.5. The second-order valence-electron chi connectivity index (χ2n) is 6.71. The van der Waals surface area contributed by atoms with Gasteiger partial charge in [-0.3, -0.25) is 4.79 Å². The van der Waals surface area contributed by atoms with Crippen LogP contribution in [0.1, 0.15) is 24.0 Å². The van der Waals surface area contributed by atoms with E-state index in [4.69, 9.17) is 4.74 Å². The van der Waals surface area contributed by atoms with Gasteiger partial charge in [0.15, 0.2) is 9.84 Å². The highest BCUT2D eigenvalue weighted by Crippen LogP contribution is 2.26. The number of benzene rings is 2. The summed E-state index contributed by atoms with van der Waals surface area (Å²) in [6, 6.07) is 15.6. The molecule has 1 saturated heterocycles. The Bertz CT molecular complexity index is 878. The van der Waals surface area contributed by atoms with Crippen molar-refractivity contribution in [2.45, 2.75) is 19.3 Å². The van der Waals surface area contributed by atoms with E-state index >= 15 is 0 Å². The van der Waals surface area contributed by atoms with Crippen LogP contribution in [0, 0.1) is 5.92 Å². The zero-order valence-electron chi connectivity index (χ0n) is 14.8. The smallest absolute Gasteiger partial charge is 0.224 e. The van der Waals surface area contributed by atoms with Crippen LogP contribution in [0.5, 0.6) is 5.75 Å². The summed E-state index contributed by atoms with van der Waals surface area (Å²) in [6.45, 7) is 0. The number of carbonyl (C=O) groups is 1. The lowest BCUT2D eigenvalue weighted by molar-refractivity contribution is -0.116. The summed E-state index contributed by atoms with van der Waals surface area (Å²) in [5.74, 6) is 0.843. The second kappa shape index (κ2) is 7.91. The zero-order chi connectivity index (χ0) is 18.6. The number of anilines is 1. The van der Waals surface area contributed by atoms with Crippen molar-refractivity contribution in [1.82, 2.24) is 0 Å². The minimum atomic E-state index is -2.96. The molecule has 2 aromatic rings. The van der Waals surface area contributed by atoms with Gasteiger partial charge in [-0.25, -0.2) is 8.42 Å². The van der Waals surface area contributed by atoms with Crippen LogP contribution < -0.4 is 10.1 Å². The Kier molecular flexibility index (Phi) is 5.61. The molecule has 0 radical (unpaired) electrons. The van der Waals surface area contributed by atoms with Crippen LogP contribution in [0.15, 0.2) is 48.5 Å². The number of amides is 1. The zero-order valence-corrected chi connectivity index (χ0v) is 15.6. The van der Waals surface area contributed by atoms with Gasteiger partial charge in [-0.2, -0.15) is 0 Å². The summed E-state index contributed by atoms with van der Waals surface area (Å²) in [7, 11) is -1.33. The van der Waals surface area contributed by atoms with E-state index in [-0.39, 0.29) is 29.8 Å². The molecular weight excluding hydrogens is 350 g/mol. The molecule has 1 heterocycles. The Balaban J connectivity index is 1.68. The van der Waals surface area contributed by atoms with Crippen molar-refractivity contribution in [2.75, 3.05) is 23.9 Å². The van der Waals surface area contributed by atoms with Gasteiger partial charge in [0, 0.05) is 24.1 Å². The lowest BCUT2D eigenvalue weighted by atomic mass is 10.0. The van der Waals surface area contributed by atoms with E-state index in [2.05, 4.69) is 5.32 Å². The van der Waals surface area contributed by atoms with Crippen LogP contribution in [0.3, 0.4) is 0 Å². The topological polar surface area (TPSA) is 72.5 Å². The Morgan fingerprint density at radius 1 is 1.19 bits per heavy atom. The summed E-state index contributed by atoms with van der Waals surface area (Å²) >= 11 is 0. The van der Waals surface area contributed by atoms with Crippen LogP contribution in [-0.4, -0.2) is 32.9 Å². The van der Waals surface area contributed by atoms with E-state index < -0.39 is 9.84 Å². The number of carbonyl (C=O) groups excluding carboxylic acids is 1. The van der Waals surface area contributed by atoms with E-state index in [9.17, 15) is 13.2 Å². The molecule has 0 aliphatic carbocycles. The third-order valence-corrected chi connectivity index (χ3v) is 6.44. The molecule has 1 fully saturated rings. The highest BCUT2D eigenvalue weighted by atomic mass is 32.2. The summed E-state index contributed by atoms with van der Waals surface area (Å²) in [5.41, 5.74) is 2.84. The van der Waals surface area contributed by atoms with Gasteiger partial charge in [0.1, 0.15) is 5.75 Å². The number of ether oxygens (including phenoxy) is 1. The second-order valence-corrected chi connectivity index (χ2v) is 8.94. The van der Waals surface area contributed by atoms with Crippen LogP contribution in [0.2, 0.25) is 0 Å². The molecule has 0 spiro atoms. The van der Waals surface area contributed by atoms with Gasteiger partial charge in [-0.1, -0.05) is 30.3 Å². The van der Waals surface area contributed by atoms with Gasteiger partial charge in [0.2, 0.25) is 5.91 Å². The normalized spacial score (nSPS) is 18.4. The summed E-state index contributed by atoms with van der Waals surface area (Å²) in [5, 5.41) is 2.88. The van der Waals surface area contributed by atoms with E-state index in [1.165, 1.54) is 0 Å². The minimum absolute atomic E-state index is 0.0814. The number of hydrogen-bond acceptors (Lipinski definition) is 4. The lowest BCUT2D eigenvalue weighted by Crippen LogP contribution is -2.17. The minimum Gasteiger partial charge on any atom is -0.496 e. The highest BCUT2D eigenvalue weighted by molar-refractivity contribution is 7.91. The van der Waals surface area contributed by atoms with Crippen molar-refractivity contribution in [1.29, 1.82) is 0 Å². The molecule has 0 bridgehead atoms. The average Bonchev–Trinajstić information content (AvgIpc) is 2.94. The van der Waals surface area contributed by atoms with Crippen molar-refractivity contribution in [3.63, 3.8) is 0 Å². The molecule has 26 heavy (non-hydrogen) atoms. The van der Waals surface area contributed by atoms with Crippen molar-refractivity contribution >= 4 is 21.4 Å². The number of nitrogens with one attached hydrogen (secondary N) is 1. The highest BCUT2D eigenvalue weighted by Gasteiger charge is 2.29. The van der Waals surface area contributed by atoms with E-state index in [1.807, 2.05) is 42.5 Å². The Labute approximate surface area is 154 Å². The average molecular weight is 373 g/mol. The van der Waals surface area contributed by atoms with Crippen molar-refractivity contribution < 1.29 is 17.9 Å². The van der Waals surface area contributed by atoms with E-state index in [0.29, 0.717) is 18.5 Å². The van der Waals surface area contributed by atoms with Gasteiger partial charge < -0.3 is 10.1 Å². The van der Waals surface area contributed by atoms with Crippen LogP contribution in [0.25, 0.3) is 0 Å². The molecule has 1 atom stereocenters. The van der Waals surface area contributed by atoms with Crippen LogP contribution in [0.4, 0.5) is 5.69 Å². The van der Waals surface area contributed by atoms with Gasteiger partial charge in [-0.15, -0.1) is 0 Å². The Morgan fingerprint density at radius 2 is 1.96 bits per heavy atom. The number of hydrogen-bond donors (Lipinski definition) is 1. The van der Waals surface area contributed by atoms with Gasteiger partial charge in [0.05, 0.1) is 18.6 Å². The van der Waals surface area contributed by atoms with Crippen molar-refractivity contribution in [3.8, 4) is 5.75 Å². The van der Waals surface area contributed by atoms with Crippen molar-refractivity contribution in [3.05, 3.63) is 59.7 Å². The standard InChI is InChI=1S/C20H23NO4S/c1-25-19-8-7-18(13-17(19)11-15-5-3-2-4-6-15)21-20(22)12-16-9-10-26(23,24)14-16/h2-8,13,16H,9-12,14H2,1H3,(H,21,22). The lowest BCUT2D eigenvalue weighted by Gasteiger charge is -2.13. The van der Waals surface area contributed by atoms with E-state index in [0.717, 1.165) is 16.9 Å². The Hall–Kier alpha value is -2.34. The molecule has 1 amide bonds. The molecule has 1 unspecified atom stereocenters. The molecule has 0 aromatic heterocycles. The largest absolute Gasteiger partial charge is 0.496 e. The molecular formula is C20H23NO4S. The first-order valence-electron chi connectivity index (χ1n) is 8.66. The molecule has 5 nitrogen and oxygen atoms in total. The third-order valence-electron chi connectivity index (χ3n) is 4.60. The predicted molar refractivity (Wildman–Crippen MR) is 102 cm³/mol. The molecule has 1 aliphatic rings. The van der Waals surface area contributed by atoms with Gasteiger partial charge >= 0.3 is 0 Å². The molecule has 1 N–H and O–H groups in total. The maximum Gasteiger partial charge on any atom is 0.224 e. The summed E-state index contributed by atoms with van der Waals surface area (Å²) < 4.78 is 28.5. The predicted octanol–water partition coefficient (Wildman–Crippen LogP) is 3.05. The number of methoxy groups -OCH3 is 1. The van der Waals surface area contributed by atoms with E-state index in [1.54, 1.807) is 13.2 Å². The SMILES string of the molecule is COc1ccc(NC(=O)CC2CCS(=O)(=O)C2)cc1Cc1ccccc1. The van der Waals surface area contributed by atoms with Gasteiger partial charge in [-0.05, 0) is 36.1 Å². The third kappa shape index (κ3) is 4.85. The molecule has 0 saturated carbocycles.